The molecule has 6 nitrogen and oxygen atoms in total. The van der Waals surface area contributed by atoms with E-state index in [1.165, 1.54) is 25.3 Å². The first kappa shape index (κ1) is 21.4. The van der Waals surface area contributed by atoms with E-state index in [0.29, 0.717) is 13.0 Å². The zero-order chi connectivity index (χ0) is 21.8. The predicted octanol–water partition coefficient (Wildman–Crippen LogP) is 3.42. The summed E-state index contributed by atoms with van der Waals surface area (Å²) < 4.78 is 5.32. The maximum Gasteiger partial charge on any atom is 0.227 e. The van der Waals surface area contributed by atoms with E-state index >= 15 is 0 Å². The van der Waals surface area contributed by atoms with E-state index in [9.17, 15) is 9.59 Å². The summed E-state index contributed by atoms with van der Waals surface area (Å²) in [5.41, 5.74) is 4.17. The largest absolute Gasteiger partial charge is 0.497 e. The van der Waals surface area contributed by atoms with Crippen molar-refractivity contribution < 1.29 is 14.3 Å². The van der Waals surface area contributed by atoms with Crippen LogP contribution in [0.5, 0.6) is 5.75 Å². The highest BCUT2D eigenvalue weighted by Crippen LogP contribution is 2.34. The molecule has 31 heavy (non-hydrogen) atoms. The van der Waals surface area contributed by atoms with Crippen molar-refractivity contribution in [2.24, 2.45) is 0 Å². The van der Waals surface area contributed by atoms with Crippen molar-refractivity contribution in [3.63, 3.8) is 0 Å². The zero-order valence-electron chi connectivity index (χ0n) is 18.4. The molecule has 2 amide bonds. The van der Waals surface area contributed by atoms with Gasteiger partial charge in [-0.1, -0.05) is 18.2 Å². The van der Waals surface area contributed by atoms with Crippen LogP contribution in [0.1, 0.15) is 42.5 Å². The quantitative estimate of drug-likeness (QED) is 0.776. The highest BCUT2D eigenvalue weighted by Gasteiger charge is 2.33. The summed E-state index contributed by atoms with van der Waals surface area (Å²) >= 11 is 0. The van der Waals surface area contributed by atoms with E-state index in [1.54, 1.807) is 7.11 Å². The van der Waals surface area contributed by atoms with Crippen molar-refractivity contribution in [1.82, 2.24) is 9.80 Å². The summed E-state index contributed by atoms with van der Waals surface area (Å²) in [6, 6.07) is 13.8. The SMILES string of the molecule is COc1cccc(CC(=O)N2CCc3ccc(NC(C)=O)cc3C2CN2CCCC2)c1. The molecule has 0 bridgehead atoms. The lowest BCUT2D eigenvalue weighted by molar-refractivity contribution is -0.133. The lowest BCUT2D eigenvalue weighted by Crippen LogP contribution is -2.45. The number of fused-ring (bicyclic) bond motifs is 1. The average molecular weight is 422 g/mol. The monoisotopic (exact) mass is 421 g/mol. The molecule has 0 spiro atoms. The minimum Gasteiger partial charge on any atom is -0.497 e. The number of likely N-dealkylation sites (tertiary alicyclic amines) is 1. The molecular formula is C25H31N3O3. The second kappa shape index (κ2) is 9.52. The molecule has 0 aliphatic carbocycles. The van der Waals surface area contributed by atoms with Gasteiger partial charge in [0.1, 0.15) is 5.75 Å². The normalized spacial score (nSPS) is 18.5. The van der Waals surface area contributed by atoms with Crippen LogP contribution in [-0.4, -0.2) is 54.9 Å². The van der Waals surface area contributed by atoms with Crippen LogP contribution < -0.4 is 10.1 Å². The smallest absolute Gasteiger partial charge is 0.227 e. The molecule has 2 aliphatic heterocycles. The Hall–Kier alpha value is -2.86. The molecular weight excluding hydrogens is 390 g/mol. The van der Waals surface area contributed by atoms with Crippen LogP contribution in [0.25, 0.3) is 0 Å². The first-order valence-electron chi connectivity index (χ1n) is 11.1. The molecule has 1 atom stereocenters. The van der Waals surface area contributed by atoms with E-state index in [-0.39, 0.29) is 17.9 Å². The number of methoxy groups -OCH3 is 1. The Morgan fingerprint density at radius 3 is 2.65 bits per heavy atom. The summed E-state index contributed by atoms with van der Waals surface area (Å²) in [5.74, 6) is 0.814. The number of rotatable bonds is 6. The first-order valence-corrected chi connectivity index (χ1v) is 11.1. The van der Waals surface area contributed by atoms with Gasteiger partial charge >= 0.3 is 0 Å². The van der Waals surface area contributed by atoms with E-state index in [0.717, 1.165) is 48.6 Å². The van der Waals surface area contributed by atoms with Gasteiger partial charge in [-0.05, 0) is 73.3 Å². The van der Waals surface area contributed by atoms with Gasteiger partial charge in [0.05, 0.1) is 19.6 Å². The molecule has 164 valence electrons. The lowest BCUT2D eigenvalue weighted by Gasteiger charge is -2.39. The van der Waals surface area contributed by atoms with Crippen molar-refractivity contribution >= 4 is 17.5 Å². The molecule has 0 radical (unpaired) electrons. The fourth-order valence-electron chi connectivity index (χ4n) is 4.74. The predicted molar refractivity (Wildman–Crippen MR) is 121 cm³/mol. The number of carbonyl (C=O) groups excluding carboxylic acids is 2. The van der Waals surface area contributed by atoms with E-state index < -0.39 is 0 Å². The number of benzene rings is 2. The Balaban J connectivity index is 1.61. The second-order valence-electron chi connectivity index (χ2n) is 8.48. The summed E-state index contributed by atoms with van der Waals surface area (Å²) in [6.07, 6.45) is 3.61. The van der Waals surface area contributed by atoms with Gasteiger partial charge in [0, 0.05) is 25.7 Å². The molecule has 1 fully saturated rings. The van der Waals surface area contributed by atoms with Crippen molar-refractivity contribution in [2.75, 3.05) is 38.6 Å². The first-order chi connectivity index (χ1) is 15.0. The number of anilines is 1. The molecule has 1 unspecified atom stereocenters. The number of ether oxygens (including phenoxy) is 1. The minimum absolute atomic E-state index is 0.00586. The number of hydrogen-bond donors (Lipinski definition) is 1. The van der Waals surface area contributed by atoms with Crippen LogP contribution in [0.2, 0.25) is 0 Å². The van der Waals surface area contributed by atoms with Crippen LogP contribution in [0.4, 0.5) is 5.69 Å². The third-order valence-corrected chi connectivity index (χ3v) is 6.26. The number of amides is 2. The summed E-state index contributed by atoms with van der Waals surface area (Å²) in [5, 5.41) is 2.90. The van der Waals surface area contributed by atoms with E-state index in [1.807, 2.05) is 35.2 Å². The number of carbonyl (C=O) groups is 2. The van der Waals surface area contributed by atoms with Crippen LogP contribution in [0, 0.1) is 0 Å². The van der Waals surface area contributed by atoms with E-state index in [4.69, 9.17) is 4.74 Å². The number of nitrogens with zero attached hydrogens (tertiary/aromatic N) is 2. The Kier molecular flexibility index (Phi) is 6.56. The molecule has 1 N–H and O–H groups in total. The minimum atomic E-state index is -0.0854. The molecule has 2 aromatic carbocycles. The van der Waals surface area contributed by atoms with Gasteiger partial charge in [-0.25, -0.2) is 0 Å². The molecule has 2 aliphatic rings. The summed E-state index contributed by atoms with van der Waals surface area (Å²) in [6.45, 7) is 5.23. The molecule has 0 aromatic heterocycles. The van der Waals surface area contributed by atoms with Crippen LogP contribution in [0.15, 0.2) is 42.5 Å². The van der Waals surface area contributed by atoms with Crippen molar-refractivity contribution in [1.29, 1.82) is 0 Å². The fourth-order valence-corrected chi connectivity index (χ4v) is 4.74. The standard InChI is InChI=1S/C25H31N3O3/c1-18(29)26-21-9-8-20-10-13-28(24(23(20)16-21)17-27-11-3-4-12-27)25(30)15-19-6-5-7-22(14-19)31-2/h5-9,14,16,24H,3-4,10-13,15,17H2,1-2H3,(H,26,29). The summed E-state index contributed by atoms with van der Waals surface area (Å²) in [7, 11) is 1.64. The van der Waals surface area contributed by atoms with Gasteiger partial charge < -0.3 is 19.9 Å². The fraction of sp³-hybridized carbons (Fsp3) is 0.440. The van der Waals surface area contributed by atoms with E-state index in [2.05, 4.69) is 22.3 Å². The molecule has 1 saturated heterocycles. The van der Waals surface area contributed by atoms with Crippen LogP contribution in [-0.2, 0) is 22.4 Å². The second-order valence-corrected chi connectivity index (χ2v) is 8.48. The zero-order valence-corrected chi connectivity index (χ0v) is 18.4. The van der Waals surface area contributed by atoms with Crippen LogP contribution in [0.3, 0.4) is 0 Å². The Morgan fingerprint density at radius 1 is 1.10 bits per heavy atom. The Morgan fingerprint density at radius 2 is 1.90 bits per heavy atom. The highest BCUT2D eigenvalue weighted by molar-refractivity contribution is 5.89. The topological polar surface area (TPSA) is 61.9 Å². The average Bonchev–Trinajstić information content (AvgIpc) is 3.27. The maximum absolute atomic E-state index is 13.4. The van der Waals surface area contributed by atoms with Gasteiger partial charge in [-0.2, -0.15) is 0 Å². The highest BCUT2D eigenvalue weighted by atomic mass is 16.5. The lowest BCUT2D eigenvalue weighted by atomic mass is 9.91. The third kappa shape index (κ3) is 5.07. The molecule has 2 heterocycles. The van der Waals surface area contributed by atoms with Crippen molar-refractivity contribution in [2.45, 2.75) is 38.6 Å². The molecule has 6 heteroatoms. The van der Waals surface area contributed by atoms with Crippen LogP contribution >= 0.6 is 0 Å². The van der Waals surface area contributed by atoms with Crippen molar-refractivity contribution in [3.05, 3.63) is 59.2 Å². The maximum atomic E-state index is 13.4. The molecule has 4 rings (SSSR count). The molecule has 2 aromatic rings. The summed E-state index contributed by atoms with van der Waals surface area (Å²) in [4.78, 5) is 29.5. The third-order valence-electron chi connectivity index (χ3n) is 6.26. The van der Waals surface area contributed by atoms with Gasteiger partial charge in [0.2, 0.25) is 11.8 Å². The van der Waals surface area contributed by atoms with Gasteiger partial charge in [0.25, 0.3) is 0 Å². The van der Waals surface area contributed by atoms with Gasteiger partial charge in [-0.15, -0.1) is 0 Å². The van der Waals surface area contributed by atoms with Gasteiger partial charge in [0.15, 0.2) is 0 Å². The molecule has 0 saturated carbocycles. The Labute approximate surface area is 184 Å². The number of nitrogens with one attached hydrogen (secondary N) is 1. The Bertz CT molecular complexity index is 953. The van der Waals surface area contributed by atoms with Gasteiger partial charge in [-0.3, -0.25) is 9.59 Å². The van der Waals surface area contributed by atoms with Crippen molar-refractivity contribution in [3.8, 4) is 5.75 Å². The number of hydrogen-bond acceptors (Lipinski definition) is 4.